The van der Waals surface area contributed by atoms with E-state index in [-0.39, 0.29) is 12.7 Å². The van der Waals surface area contributed by atoms with Crippen LogP contribution >= 0.6 is 0 Å². The number of rotatable bonds is 3. The van der Waals surface area contributed by atoms with Gasteiger partial charge in [0, 0.05) is 13.0 Å². The van der Waals surface area contributed by atoms with Crippen molar-refractivity contribution >= 4 is 5.91 Å². The van der Waals surface area contributed by atoms with Gasteiger partial charge in [-0.3, -0.25) is 4.79 Å². The molecule has 5 heteroatoms. The average molecular weight is 325 g/mol. The Bertz CT molecular complexity index is 774. The zero-order chi connectivity index (χ0) is 16.5. The van der Waals surface area contributed by atoms with Crippen molar-refractivity contribution in [3.63, 3.8) is 0 Å². The molecular weight excluding hydrogens is 306 g/mol. The lowest BCUT2D eigenvalue weighted by molar-refractivity contribution is -0.134. The topological polar surface area (TPSA) is 59.0 Å². The van der Waals surface area contributed by atoms with Crippen molar-refractivity contribution in [2.45, 2.75) is 25.5 Å². The summed E-state index contributed by atoms with van der Waals surface area (Å²) >= 11 is 0. The standard InChI is InChI=1S/C19H19NO4/c21-16-11-20(10-14-3-1-2-4-15(14)16)19(22)8-6-13-5-7-17-18(9-13)24-12-23-17/h1-5,7,9,16,21H,6,8,10-12H2/t16-/m1/s1. The lowest BCUT2D eigenvalue weighted by Crippen LogP contribution is -2.38. The van der Waals surface area contributed by atoms with Gasteiger partial charge in [-0.05, 0) is 35.2 Å². The zero-order valence-corrected chi connectivity index (χ0v) is 13.3. The predicted molar refractivity (Wildman–Crippen MR) is 87.7 cm³/mol. The summed E-state index contributed by atoms with van der Waals surface area (Å²) in [7, 11) is 0. The molecule has 0 bridgehead atoms. The highest BCUT2D eigenvalue weighted by Crippen LogP contribution is 2.33. The van der Waals surface area contributed by atoms with E-state index in [0.29, 0.717) is 25.9 Å². The van der Waals surface area contributed by atoms with Crippen molar-refractivity contribution in [3.8, 4) is 11.5 Å². The average Bonchev–Trinajstić information content (AvgIpc) is 3.07. The highest BCUT2D eigenvalue weighted by molar-refractivity contribution is 5.77. The number of β-amino-alcohol motifs (C(OH)–C–C–N with tert-alkyl or cyclic N) is 1. The minimum atomic E-state index is -0.607. The summed E-state index contributed by atoms with van der Waals surface area (Å²) in [6.45, 7) is 1.17. The van der Waals surface area contributed by atoms with E-state index in [1.807, 2.05) is 42.5 Å². The quantitative estimate of drug-likeness (QED) is 0.941. The predicted octanol–water partition coefficient (Wildman–Crippen LogP) is 2.42. The molecule has 5 nitrogen and oxygen atoms in total. The Labute approximate surface area is 140 Å². The van der Waals surface area contributed by atoms with Crippen molar-refractivity contribution in [2.75, 3.05) is 13.3 Å². The number of fused-ring (bicyclic) bond motifs is 2. The Morgan fingerprint density at radius 1 is 1.17 bits per heavy atom. The lowest BCUT2D eigenvalue weighted by atomic mass is 9.97. The molecule has 0 aromatic heterocycles. The van der Waals surface area contributed by atoms with E-state index < -0.39 is 6.10 Å². The van der Waals surface area contributed by atoms with Gasteiger partial charge in [0.2, 0.25) is 12.7 Å². The van der Waals surface area contributed by atoms with Gasteiger partial charge in [-0.15, -0.1) is 0 Å². The van der Waals surface area contributed by atoms with Crippen LogP contribution in [0, 0.1) is 0 Å². The Hall–Kier alpha value is -2.53. The molecule has 4 rings (SSSR count). The maximum absolute atomic E-state index is 12.5. The summed E-state index contributed by atoms with van der Waals surface area (Å²) in [5.74, 6) is 1.55. The van der Waals surface area contributed by atoms with Crippen LogP contribution in [0.2, 0.25) is 0 Å². The molecule has 2 aromatic carbocycles. The summed E-state index contributed by atoms with van der Waals surface area (Å²) < 4.78 is 10.7. The van der Waals surface area contributed by atoms with E-state index in [2.05, 4.69) is 0 Å². The van der Waals surface area contributed by atoms with Gasteiger partial charge < -0.3 is 19.5 Å². The van der Waals surface area contributed by atoms with Crippen molar-refractivity contribution in [1.29, 1.82) is 0 Å². The first-order valence-electron chi connectivity index (χ1n) is 8.13. The number of hydrogen-bond acceptors (Lipinski definition) is 4. The van der Waals surface area contributed by atoms with Crippen LogP contribution < -0.4 is 9.47 Å². The van der Waals surface area contributed by atoms with Gasteiger partial charge in [0.15, 0.2) is 11.5 Å². The number of amides is 1. The number of aliphatic hydroxyl groups excluding tert-OH is 1. The van der Waals surface area contributed by atoms with Gasteiger partial charge in [-0.1, -0.05) is 30.3 Å². The second-order valence-electron chi connectivity index (χ2n) is 6.18. The SMILES string of the molecule is O=C(CCc1ccc2c(c1)OCO2)N1Cc2ccccc2[C@H](O)C1. The summed E-state index contributed by atoms with van der Waals surface area (Å²) in [6, 6.07) is 13.5. The number of aryl methyl sites for hydroxylation is 1. The largest absolute Gasteiger partial charge is 0.454 e. The molecule has 0 fully saturated rings. The summed E-state index contributed by atoms with van der Waals surface area (Å²) in [5, 5.41) is 10.2. The number of hydrogen-bond donors (Lipinski definition) is 1. The smallest absolute Gasteiger partial charge is 0.231 e. The molecule has 124 valence electrons. The molecule has 2 aliphatic heterocycles. The highest BCUT2D eigenvalue weighted by Gasteiger charge is 2.26. The van der Waals surface area contributed by atoms with Gasteiger partial charge in [0.1, 0.15) is 0 Å². The van der Waals surface area contributed by atoms with Crippen LogP contribution in [0.3, 0.4) is 0 Å². The maximum atomic E-state index is 12.5. The molecule has 24 heavy (non-hydrogen) atoms. The van der Waals surface area contributed by atoms with Crippen LogP contribution in [-0.2, 0) is 17.8 Å². The van der Waals surface area contributed by atoms with Crippen LogP contribution in [0.25, 0.3) is 0 Å². The maximum Gasteiger partial charge on any atom is 0.231 e. The normalized spacial score (nSPS) is 18.4. The molecule has 1 amide bonds. The van der Waals surface area contributed by atoms with Crippen molar-refractivity contribution in [1.82, 2.24) is 4.90 Å². The molecule has 0 saturated carbocycles. The molecule has 2 heterocycles. The molecule has 2 aliphatic rings. The summed E-state index contributed by atoms with van der Waals surface area (Å²) in [4.78, 5) is 14.3. The fraction of sp³-hybridized carbons (Fsp3) is 0.316. The van der Waals surface area contributed by atoms with Crippen LogP contribution in [0.4, 0.5) is 0 Å². The van der Waals surface area contributed by atoms with E-state index in [0.717, 1.165) is 28.2 Å². The first-order chi connectivity index (χ1) is 11.7. The molecule has 0 aliphatic carbocycles. The third kappa shape index (κ3) is 2.83. The van der Waals surface area contributed by atoms with E-state index in [1.54, 1.807) is 4.90 Å². The number of carbonyl (C=O) groups excluding carboxylic acids is 1. The number of carbonyl (C=O) groups is 1. The fourth-order valence-corrected chi connectivity index (χ4v) is 3.28. The Morgan fingerprint density at radius 2 is 2.00 bits per heavy atom. The van der Waals surface area contributed by atoms with Crippen molar-refractivity contribution < 1.29 is 19.4 Å². The van der Waals surface area contributed by atoms with Gasteiger partial charge >= 0.3 is 0 Å². The monoisotopic (exact) mass is 325 g/mol. The molecule has 0 saturated heterocycles. The molecule has 2 aromatic rings. The second kappa shape index (κ2) is 6.17. The fourth-order valence-electron chi connectivity index (χ4n) is 3.28. The third-order valence-electron chi connectivity index (χ3n) is 4.59. The van der Waals surface area contributed by atoms with Gasteiger partial charge in [-0.2, -0.15) is 0 Å². The van der Waals surface area contributed by atoms with Crippen molar-refractivity contribution in [3.05, 3.63) is 59.2 Å². The lowest BCUT2D eigenvalue weighted by Gasteiger charge is -2.32. The molecule has 0 radical (unpaired) electrons. The molecular formula is C19H19NO4. The molecule has 1 atom stereocenters. The molecule has 0 spiro atoms. The minimum Gasteiger partial charge on any atom is -0.454 e. The minimum absolute atomic E-state index is 0.0567. The second-order valence-corrected chi connectivity index (χ2v) is 6.18. The van der Waals surface area contributed by atoms with Crippen LogP contribution in [0.1, 0.15) is 29.2 Å². The number of nitrogens with zero attached hydrogens (tertiary/aromatic N) is 1. The van der Waals surface area contributed by atoms with Crippen LogP contribution in [0.5, 0.6) is 11.5 Å². The van der Waals surface area contributed by atoms with Gasteiger partial charge in [0.05, 0.1) is 12.6 Å². The van der Waals surface area contributed by atoms with Crippen LogP contribution in [0.15, 0.2) is 42.5 Å². The first kappa shape index (κ1) is 15.0. The van der Waals surface area contributed by atoms with E-state index in [9.17, 15) is 9.90 Å². The number of benzene rings is 2. The summed E-state index contributed by atoms with van der Waals surface area (Å²) in [5.41, 5.74) is 3.00. The summed E-state index contributed by atoms with van der Waals surface area (Å²) in [6.07, 6.45) is 0.447. The van der Waals surface area contributed by atoms with E-state index in [1.165, 1.54) is 0 Å². The highest BCUT2D eigenvalue weighted by atomic mass is 16.7. The zero-order valence-electron chi connectivity index (χ0n) is 13.3. The first-order valence-corrected chi connectivity index (χ1v) is 8.13. The third-order valence-corrected chi connectivity index (χ3v) is 4.59. The van der Waals surface area contributed by atoms with Crippen LogP contribution in [-0.4, -0.2) is 29.3 Å². The van der Waals surface area contributed by atoms with Crippen molar-refractivity contribution in [2.24, 2.45) is 0 Å². The molecule has 0 unspecified atom stereocenters. The van der Waals surface area contributed by atoms with Gasteiger partial charge in [-0.25, -0.2) is 0 Å². The Balaban J connectivity index is 1.40. The Morgan fingerprint density at radius 3 is 2.92 bits per heavy atom. The number of aliphatic hydroxyl groups is 1. The van der Waals surface area contributed by atoms with Gasteiger partial charge in [0.25, 0.3) is 0 Å². The number of ether oxygens (including phenoxy) is 2. The molecule has 1 N–H and O–H groups in total. The van der Waals surface area contributed by atoms with E-state index in [4.69, 9.17) is 9.47 Å². The van der Waals surface area contributed by atoms with E-state index >= 15 is 0 Å². The Kier molecular flexibility index (Phi) is 3.86.